The Balaban J connectivity index is 1.30. The molecule has 4 rings (SSSR count). The van der Waals surface area contributed by atoms with Crippen molar-refractivity contribution in [2.75, 3.05) is 13.2 Å². The van der Waals surface area contributed by atoms with E-state index >= 15 is 0 Å². The number of nitrogens with zero attached hydrogens (tertiary/aromatic N) is 1. The maximum absolute atomic E-state index is 12.3. The number of H-pyrrole nitrogens is 1. The Labute approximate surface area is 181 Å². The molecule has 0 amide bonds. The molecule has 0 aliphatic heterocycles. The Morgan fingerprint density at radius 3 is 2.68 bits per heavy atom. The van der Waals surface area contributed by atoms with Crippen LogP contribution in [0.25, 0.3) is 21.8 Å². The lowest BCUT2D eigenvalue weighted by molar-refractivity contribution is 0.0985. The summed E-state index contributed by atoms with van der Waals surface area (Å²) in [6.07, 6.45) is 0.0973. The van der Waals surface area contributed by atoms with Gasteiger partial charge < -0.3 is 20.1 Å². The van der Waals surface area contributed by atoms with E-state index in [4.69, 9.17) is 4.74 Å². The van der Waals surface area contributed by atoms with E-state index in [1.807, 2.05) is 66.7 Å². The number of aromatic nitrogens is 2. The van der Waals surface area contributed by atoms with E-state index in [2.05, 4.69) is 24.1 Å². The molecular weight excluding hydrogens is 390 g/mol. The van der Waals surface area contributed by atoms with Crippen LogP contribution >= 0.6 is 0 Å². The number of benzene rings is 3. The first kappa shape index (κ1) is 21.2. The Hall–Kier alpha value is -3.09. The van der Waals surface area contributed by atoms with Gasteiger partial charge >= 0.3 is 5.69 Å². The van der Waals surface area contributed by atoms with Gasteiger partial charge in [0.1, 0.15) is 18.5 Å². The molecule has 0 radical (unpaired) electrons. The summed E-state index contributed by atoms with van der Waals surface area (Å²) in [4.78, 5) is 15.2. The average molecular weight is 420 g/mol. The molecule has 1 heterocycles. The van der Waals surface area contributed by atoms with Gasteiger partial charge in [0, 0.05) is 24.0 Å². The van der Waals surface area contributed by atoms with Crippen LogP contribution < -0.4 is 15.7 Å². The smallest absolute Gasteiger partial charge is 0.326 e. The lowest BCUT2D eigenvalue weighted by Gasteiger charge is -2.28. The standard InChI is InChI=1S/C25H29N3O3/c1-25(2,14-15-28-22-12-6-5-11-21(22)27-24(28)30)26-16-19(29)17-31-23-13-7-9-18-8-3-4-10-20(18)23/h3-13,19,26,29H,14-17H2,1-2H3,(H,27,30)/t19-/m0/s1. The third kappa shape index (κ3) is 4.98. The number of para-hydroxylation sites is 2. The van der Waals surface area contributed by atoms with Crippen molar-refractivity contribution < 1.29 is 9.84 Å². The highest BCUT2D eigenvalue weighted by Gasteiger charge is 2.20. The van der Waals surface area contributed by atoms with E-state index in [1.165, 1.54) is 0 Å². The number of aliphatic hydroxyl groups excluding tert-OH is 1. The molecule has 6 nitrogen and oxygen atoms in total. The van der Waals surface area contributed by atoms with Crippen molar-refractivity contribution in [2.45, 2.75) is 38.5 Å². The molecular formula is C25H29N3O3. The second-order valence-electron chi connectivity index (χ2n) is 8.56. The van der Waals surface area contributed by atoms with Crippen molar-refractivity contribution in [1.29, 1.82) is 0 Å². The number of aromatic amines is 1. The van der Waals surface area contributed by atoms with Crippen LogP contribution in [0.4, 0.5) is 0 Å². The molecule has 0 aliphatic rings. The third-order valence-electron chi connectivity index (χ3n) is 5.64. The Kier molecular flexibility index (Phi) is 6.11. The number of aryl methyl sites for hydroxylation is 1. The zero-order chi connectivity index (χ0) is 21.8. The monoisotopic (exact) mass is 419 g/mol. The van der Waals surface area contributed by atoms with E-state index in [9.17, 15) is 9.90 Å². The second kappa shape index (κ2) is 8.96. The lowest BCUT2D eigenvalue weighted by atomic mass is 10.0. The first-order chi connectivity index (χ1) is 14.9. The fraction of sp³-hybridized carbons (Fsp3) is 0.320. The van der Waals surface area contributed by atoms with Crippen LogP contribution in [0.2, 0.25) is 0 Å². The summed E-state index contributed by atoms with van der Waals surface area (Å²) < 4.78 is 7.65. The zero-order valence-electron chi connectivity index (χ0n) is 18.0. The first-order valence-electron chi connectivity index (χ1n) is 10.6. The number of aliphatic hydroxyl groups is 1. The summed E-state index contributed by atoms with van der Waals surface area (Å²) in [7, 11) is 0. The third-order valence-corrected chi connectivity index (χ3v) is 5.64. The maximum Gasteiger partial charge on any atom is 0.326 e. The lowest BCUT2D eigenvalue weighted by Crippen LogP contribution is -2.45. The van der Waals surface area contributed by atoms with Crippen LogP contribution in [0.1, 0.15) is 20.3 Å². The van der Waals surface area contributed by atoms with Gasteiger partial charge in [-0.3, -0.25) is 4.57 Å². The highest BCUT2D eigenvalue weighted by atomic mass is 16.5. The fourth-order valence-electron chi connectivity index (χ4n) is 3.77. The Bertz CT molecular complexity index is 1220. The molecule has 0 unspecified atom stereocenters. The molecule has 0 aliphatic carbocycles. The summed E-state index contributed by atoms with van der Waals surface area (Å²) in [5, 5.41) is 16.0. The van der Waals surface area contributed by atoms with Crippen molar-refractivity contribution in [1.82, 2.24) is 14.9 Å². The largest absolute Gasteiger partial charge is 0.490 e. The van der Waals surface area contributed by atoms with Gasteiger partial charge in [-0.1, -0.05) is 48.5 Å². The zero-order valence-corrected chi connectivity index (χ0v) is 18.0. The van der Waals surface area contributed by atoms with Crippen LogP contribution in [0.5, 0.6) is 5.75 Å². The SMILES string of the molecule is CC(C)(CCn1c(=O)[nH]c2ccccc21)NC[C@H](O)COc1cccc2ccccc12. The predicted molar refractivity (Wildman–Crippen MR) is 125 cm³/mol. The van der Waals surface area contributed by atoms with Crippen molar-refractivity contribution in [3.8, 4) is 5.75 Å². The summed E-state index contributed by atoms with van der Waals surface area (Å²) in [6.45, 7) is 5.35. The molecule has 6 heteroatoms. The van der Waals surface area contributed by atoms with Crippen molar-refractivity contribution >= 4 is 21.8 Å². The van der Waals surface area contributed by atoms with E-state index in [0.717, 1.165) is 34.0 Å². The number of rotatable bonds is 9. The maximum atomic E-state index is 12.3. The molecule has 31 heavy (non-hydrogen) atoms. The normalized spacial score (nSPS) is 13.0. The van der Waals surface area contributed by atoms with Crippen LogP contribution in [0.15, 0.2) is 71.5 Å². The highest BCUT2D eigenvalue weighted by molar-refractivity contribution is 5.88. The van der Waals surface area contributed by atoms with E-state index in [1.54, 1.807) is 4.57 Å². The van der Waals surface area contributed by atoms with Crippen LogP contribution in [0, 0.1) is 0 Å². The van der Waals surface area contributed by atoms with Gasteiger partial charge in [0.05, 0.1) is 11.0 Å². The molecule has 0 fully saturated rings. The summed E-state index contributed by atoms with van der Waals surface area (Å²) in [6, 6.07) is 21.7. The topological polar surface area (TPSA) is 79.3 Å². The molecule has 0 saturated heterocycles. The molecule has 4 aromatic rings. The molecule has 162 valence electrons. The average Bonchev–Trinajstić information content (AvgIpc) is 3.10. The van der Waals surface area contributed by atoms with Crippen molar-refractivity contribution in [3.05, 3.63) is 77.2 Å². The quantitative estimate of drug-likeness (QED) is 0.387. The Morgan fingerprint density at radius 2 is 1.81 bits per heavy atom. The van der Waals surface area contributed by atoms with Crippen LogP contribution in [-0.4, -0.2) is 39.5 Å². The number of fused-ring (bicyclic) bond motifs is 2. The van der Waals surface area contributed by atoms with Gasteiger partial charge in [0.2, 0.25) is 0 Å². The molecule has 1 atom stereocenters. The minimum atomic E-state index is -0.644. The minimum Gasteiger partial charge on any atom is -0.490 e. The van der Waals surface area contributed by atoms with Crippen molar-refractivity contribution in [3.63, 3.8) is 0 Å². The molecule has 1 aromatic heterocycles. The summed E-state index contributed by atoms with van der Waals surface area (Å²) in [5.41, 5.74) is 1.41. The van der Waals surface area contributed by atoms with Gasteiger partial charge in [-0.25, -0.2) is 4.79 Å². The molecule has 3 N–H and O–H groups in total. The highest BCUT2D eigenvalue weighted by Crippen LogP contribution is 2.25. The summed E-state index contributed by atoms with van der Waals surface area (Å²) in [5.74, 6) is 0.773. The molecule has 0 bridgehead atoms. The van der Waals surface area contributed by atoms with Crippen LogP contribution in [0.3, 0.4) is 0 Å². The minimum absolute atomic E-state index is 0.0967. The Morgan fingerprint density at radius 1 is 1.06 bits per heavy atom. The van der Waals surface area contributed by atoms with Crippen LogP contribution in [-0.2, 0) is 6.54 Å². The molecule has 3 aromatic carbocycles. The molecule has 0 spiro atoms. The van der Waals surface area contributed by atoms with E-state index in [-0.39, 0.29) is 17.8 Å². The predicted octanol–water partition coefficient (Wildman–Crippen LogP) is 3.68. The van der Waals surface area contributed by atoms with E-state index in [0.29, 0.717) is 13.1 Å². The number of hydrogen-bond acceptors (Lipinski definition) is 4. The van der Waals surface area contributed by atoms with Crippen molar-refractivity contribution in [2.24, 2.45) is 0 Å². The second-order valence-corrected chi connectivity index (χ2v) is 8.56. The number of β-amino-alcohol motifs (C(OH)–C–C–N with tert-alkyl or cyclic N) is 1. The summed E-state index contributed by atoms with van der Waals surface area (Å²) >= 11 is 0. The fourth-order valence-corrected chi connectivity index (χ4v) is 3.77. The van der Waals surface area contributed by atoms with Gasteiger partial charge in [-0.05, 0) is 43.9 Å². The first-order valence-corrected chi connectivity index (χ1v) is 10.6. The van der Waals surface area contributed by atoms with Gasteiger partial charge in [-0.2, -0.15) is 0 Å². The number of ether oxygens (including phenoxy) is 1. The van der Waals surface area contributed by atoms with Gasteiger partial charge in [0.15, 0.2) is 0 Å². The van der Waals surface area contributed by atoms with E-state index < -0.39 is 6.10 Å². The number of hydrogen-bond donors (Lipinski definition) is 3. The number of imidazole rings is 1. The molecule has 0 saturated carbocycles. The van der Waals surface area contributed by atoms with Gasteiger partial charge in [0.25, 0.3) is 0 Å². The van der Waals surface area contributed by atoms with Gasteiger partial charge in [-0.15, -0.1) is 0 Å². The number of nitrogens with one attached hydrogen (secondary N) is 2.